The normalized spacial score (nSPS) is 20.4. The highest BCUT2D eigenvalue weighted by Crippen LogP contribution is 2.27. The molecule has 0 aromatic carbocycles. The summed E-state index contributed by atoms with van der Waals surface area (Å²) in [4.78, 5) is 10.8. The van der Waals surface area contributed by atoms with E-state index < -0.39 is 5.54 Å². The number of rotatable bonds is 1. The van der Waals surface area contributed by atoms with E-state index in [0.717, 1.165) is 25.7 Å². The Morgan fingerprint density at radius 2 is 1.64 bits per heavy atom. The van der Waals surface area contributed by atoms with Gasteiger partial charge in [0.1, 0.15) is 5.78 Å². The second-order valence-corrected chi connectivity index (χ2v) is 2.92. The molecular weight excluding hydrogens is 138 g/mol. The van der Waals surface area contributed by atoms with Crippen LogP contribution in [0.1, 0.15) is 46.5 Å². The van der Waals surface area contributed by atoms with Crippen LogP contribution in [0.25, 0.3) is 0 Å². The van der Waals surface area contributed by atoms with Gasteiger partial charge >= 0.3 is 0 Å². The summed E-state index contributed by atoms with van der Waals surface area (Å²) in [7, 11) is 0. The summed E-state index contributed by atoms with van der Waals surface area (Å²) in [5.74, 6) is 0.153. The summed E-state index contributed by atoms with van der Waals surface area (Å²) < 4.78 is 0. The Bertz CT molecular complexity index is 126. The van der Waals surface area contributed by atoms with E-state index in [4.69, 9.17) is 5.73 Å². The second-order valence-electron chi connectivity index (χ2n) is 2.92. The molecule has 1 saturated carbocycles. The predicted molar refractivity (Wildman–Crippen MR) is 47.4 cm³/mol. The van der Waals surface area contributed by atoms with Crippen molar-refractivity contribution in [3.05, 3.63) is 0 Å². The molecule has 2 heteroatoms. The Morgan fingerprint density at radius 3 is 1.82 bits per heavy atom. The van der Waals surface area contributed by atoms with Gasteiger partial charge in [-0.2, -0.15) is 0 Å². The van der Waals surface area contributed by atoms with E-state index in [0.29, 0.717) is 0 Å². The van der Waals surface area contributed by atoms with Crippen molar-refractivity contribution in [2.45, 2.75) is 52.0 Å². The van der Waals surface area contributed by atoms with Gasteiger partial charge in [-0.3, -0.25) is 4.79 Å². The van der Waals surface area contributed by atoms with Gasteiger partial charge in [0.05, 0.1) is 5.54 Å². The first-order chi connectivity index (χ1) is 5.15. The third kappa shape index (κ3) is 2.62. The molecule has 0 unspecified atom stereocenters. The minimum absolute atomic E-state index is 0.153. The highest BCUT2D eigenvalue weighted by molar-refractivity contribution is 5.86. The predicted octanol–water partition coefficient (Wildman–Crippen LogP) is 1.87. The van der Waals surface area contributed by atoms with Crippen LogP contribution in [0.15, 0.2) is 0 Å². The van der Waals surface area contributed by atoms with Gasteiger partial charge in [-0.1, -0.05) is 26.7 Å². The lowest BCUT2D eigenvalue weighted by molar-refractivity contribution is -0.121. The number of hydrogen-bond donors (Lipinski definition) is 1. The number of hydrogen-bond acceptors (Lipinski definition) is 2. The molecule has 0 atom stereocenters. The molecule has 1 aliphatic carbocycles. The quantitative estimate of drug-likeness (QED) is 0.631. The first kappa shape index (κ1) is 10.6. The first-order valence-electron chi connectivity index (χ1n) is 4.45. The van der Waals surface area contributed by atoms with Crippen molar-refractivity contribution in [3.8, 4) is 0 Å². The van der Waals surface area contributed by atoms with Gasteiger partial charge in [-0.05, 0) is 19.8 Å². The zero-order valence-electron chi connectivity index (χ0n) is 7.81. The van der Waals surface area contributed by atoms with Crippen LogP contribution in [-0.2, 0) is 4.79 Å². The Kier molecular flexibility index (Phi) is 4.34. The summed E-state index contributed by atoms with van der Waals surface area (Å²) in [5, 5.41) is 0. The lowest BCUT2D eigenvalue weighted by Gasteiger charge is -2.18. The highest BCUT2D eigenvalue weighted by atomic mass is 16.1. The van der Waals surface area contributed by atoms with Crippen LogP contribution in [0.5, 0.6) is 0 Å². The average Bonchev–Trinajstić information content (AvgIpc) is 2.42. The van der Waals surface area contributed by atoms with E-state index in [2.05, 4.69) is 0 Å². The van der Waals surface area contributed by atoms with E-state index in [1.165, 1.54) is 0 Å². The van der Waals surface area contributed by atoms with Crippen molar-refractivity contribution in [2.75, 3.05) is 0 Å². The van der Waals surface area contributed by atoms with Gasteiger partial charge in [0.2, 0.25) is 0 Å². The molecule has 0 bridgehead atoms. The lowest BCUT2D eigenvalue weighted by Crippen LogP contribution is -2.43. The molecule has 0 amide bonds. The third-order valence-corrected chi connectivity index (χ3v) is 2.20. The maximum absolute atomic E-state index is 10.8. The van der Waals surface area contributed by atoms with Crippen LogP contribution in [-0.4, -0.2) is 11.3 Å². The van der Waals surface area contributed by atoms with Gasteiger partial charge in [-0.15, -0.1) is 0 Å². The molecule has 11 heavy (non-hydrogen) atoms. The van der Waals surface area contributed by atoms with Crippen LogP contribution < -0.4 is 5.73 Å². The van der Waals surface area contributed by atoms with Crippen LogP contribution >= 0.6 is 0 Å². The molecule has 0 aliphatic heterocycles. The number of Topliss-reactive ketones (excluding diaryl/α,β-unsaturated/α-hetero) is 1. The van der Waals surface area contributed by atoms with Crippen molar-refractivity contribution in [1.29, 1.82) is 0 Å². The standard InChI is InChI=1S/C7H13NO.C2H6/c1-6(9)7(8)4-2-3-5-7;1-2/h2-5,8H2,1H3;1-2H3. The smallest absolute Gasteiger partial charge is 0.149 e. The average molecular weight is 157 g/mol. The monoisotopic (exact) mass is 157 g/mol. The van der Waals surface area contributed by atoms with Crippen LogP contribution in [0, 0.1) is 0 Å². The van der Waals surface area contributed by atoms with Crippen LogP contribution in [0.2, 0.25) is 0 Å². The zero-order chi connectivity index (χ0) is 8.91. The fraction of sp³-hybridized carbons (Fsp3) is 0.889. The molecule has 1 fully saturated rings. The van der Waals surface area contributed by atoms with Crippen molar-refractivity contribution in [2.24, 2.45) is 5.73 Å². The second kappa shape index (κ2) is 4.50. The van der Waals surface area contributed by atoms with E-state index in [1.54, 1.807) is 6.92 Å². The maximum Gasteiger partial charge on any atom is 0.149 e. The number of carbonyl (C=O) groups excluding carboxylic acids is 1. The Balaban J connectivity index is 0.000000461. The zero-order valence-corrected chi connectivity index (χ0v) is 7.81. The molecule has 1 rings (SSSR count). The summed E-state index contributed by atoms with van der Waals surface area (Å²) >= 11 is 0. The minimum atomic E-state index is -0.444. The Morgan fingerprint density at radius 1 is 1.27 bits per heavy atom. The van der Waals surface area contributed by atoms with Gasteiger partial charge in [0.25, 0.3) is 0 Å². The minimum Gasteiger partial charge on any atom is -0.319 e. The molecule has 0 radical (unpaired) electrons. The Hall–Kier alpha value is -0.370. The first-order valence-corrected chi connectivity index (χ1v) is 4.45. The van der Waals surface area contributed by atoms with Gasteiger partial charge in [-0.25, -0.2) is 0 Å². The maximum atomic E-state index is 10.8. The molecule has 0 aromatic rings. The molecule has 0 aromatic heterocycles. The summed E-state index contributed by atoms with van der Waals surface area (Å²) in [5.41, 5.74) is 5.31. The SMILES string of the molecule is CC.CC(=O)C1(N)CCCC1. The molecule has 0 saturated heterocycles. The fourth-order valence-corrected chi connectivity index (χ4v) is 1.36. The van der Waals surface area contributed by atoms with Gasteiger partial charge < -0.3 is 5.73 Å². The van der Waals surface area contributed by atoms with E-state index in [9.17, 15) is 4.79 Å². The van der Waals surface area contributed by atoms with E-state index in [1.807, 2.05) is 13.8 Å². The van der Waals surface area contributed by atoms with E-state index >= 15 is 0 Å². The number of ketones is 1. The number of nitrogens with two attached hydrogens (primary N) is 1. The van der Waals surface area contributed by atoms with Gasteiger partial charge in [0, 0.05) is 0 Å². The molecule has 66 valence electrons. The van der Waals surface area contributed by atoms with E-state index in [-0.39, 0.29) is 5.78 Å². The molecule has 2 N–H and O–H groups in total. The molecule has 0 heterocycles. The van der Waals surface area contributed by atoms with Crippen LogP contribution in [0.3, 0.4) is 0 Å². The molecular formula is C9H19NO. The summed E-state index contributed by atoms with van der Waals surface area (Å²) in [6, 6.07) is 0. The van der Waals surface area contributed by atoms with Crippen molar-refractivity contribution in [3.63, 3.8) is 0 Å². The molecule has 1 aliphatic rings. The summed E-state index contributed by atoms with van der Waals surface area (Å²) in [6.07, 6.45) is 4.02. The van der Waals surface area contributed by atoms with Crippen LogP contribution in [0.4, 0.5) is 0 Å². The van der Waals surface area contributed by atoms with Crippen molar-refractivity contribution in [1.82, 2.24) is 0 Å². The number of carbonyl (C=O) groups is 1. The largest absolute Gasteiger partial charge is 0.319 e. The Labute approximate surface area is 69.2 Å². The van der Waals surface area contributed by atoms with Crippen molar-refractivity contribution >= 4 is 5.78 Å². The fourth-order valence-electron chi connectivity index (χ4n) is 1.36. The molecule has 2 nitrogen and oxygen atoms in total. The lowest BCUT2D eigenvalue weighted by atomic mass is 9.95. The van der Waals surface area contributed by atoms with Crippen molar-refractivity contribution < 1.29 is 4.79 Å². The topological polar surface area (TPSA) is 43.1 Å². The highest BCUT2D eigenvalue weighted by Gasteiger charge is 2.33. The summed E-state index contributed by atoms with van der Waals surface area (Å²) in [6.45, 7) is 5.59. The molecule has 0 spiro atoms. The third-order valence-electron chi connectivity index (χ3n) is 2.20. The van der Waals surface area contributed by atoms with Gasteiger partial charge in [0.15, 0.2) is 0 Å².